The van der Waals surface area contributed by atoms with Crippen molar-refractivity contribution in [2.45, 2.75) is 31.7 Å². The molecule has 0 spiro atoms. The first-order chi connectivity index (χ1) is 8.70. The molecule has 0 aliphatic rings. The highest BCUT2D eigenvalue weighted by atomic mass is 32.2. The Labute approximate surface area is 113 Å². The first-order valence-electron chi connectivity index (χ1n) is 6.25. The van der Waals surface area contributed by atoms with E-state index in [4.69, 9.17) is 4.42 Å². The number of anilines is 1. The Morgan fingerprint density at radius 2 is 2.00 bits per heavy atom. The van der Waals surface area contributed by atoms with Crippen LogP contribution in [0.2, 0.25) is 0 Å². The van der Waals surface area contributed by atoms with E-state index in [2.05, 4.69) is 43.4 Å². The van der Waals surface area contributed by atoms with Crippen LogP contribution in [0.5, 0.6) is 0 Å². The average molecular weight is 261 g/mol. The van der Waals surface area contributed by atoms with Gasteiger partial charge in [0, 0.05) is 10.6 Å². The zero-order valence-electron chi connectivity index (χ0n) is 11.1. The van der Waals surface area contributed by atoms with E-state index in [-0.39, 0.29) is 6.04 Å². The van der Waals surface area contributed by atoms with E-state index in [1.807, 2.05) is 30.8 Å². The van der Waals surface area contributed by atoms with Crippen molar-refractivity contribution in [2.24, 2.45) is 0 Å². The van der Waals surface area contributed by atoms with Crippen LogP contribution in [-0.4, -0.2) is 5.75 Å². The lowest BCUT2D eigenvalue weighted by molar-refractivity contribution is 0.466. The van der Waals surface area contributed by atoms with E-state index >= 15 is 0 Å². The second kappa shape index (κ2) is 6.01. The van der Waals surface area contributed by atoms with Gasteiger partial charge in [-0.1, -0.05) is 19.1 Å². The molecular formula is C15H19NOS. The summed E-state index contributed by atoms with van der Waals surface area (Å²) in [4.78, 5) is 1.29. The summed E-state index contributed by atoms with van der Waals surface area (Å²) in [6.45, 7) is 6.25. The molecule has 1 aromatic heterocycles. The third-order valence-electron chi connectivity index (χ3n) is 2.75. The number of furan rings is 1. The van der Waals surface area contributed by atoms with Crippen LogP contribution in [0.1, 0.15) is 31.4 Å². The SMILES string of the molecule is CCSc1ccccc1NC(C)c1ccc(C)o1. The highest BCUT2D eigenvalue weighted by molar-refractivity contribution is 7.99. The second-order valence-electron chi connectivity index (χ2n) is 4.24. The number of nitrogens with one attached hydrogen (secondary N) is 1. The number of aryl methyl sites for hydroxylation is 1. The number of thioether (sulfide) groups is 1. The molecule has 1 atom stereocenters. The number of benzene rings is 1. The quantitative estimate of drug-likeness (QED) is 0.777. The van der Waals surface area contributed by atoms with Crippen LogP contribution in [-0.2, 0) is 0 Å². The van der Waals surface area contributed by atoms with Crippen LogP contribution in [0, 0.1) is 6.92 Å². The normalized spacial score (nSPS) is 12.4. The van der Waals surface area contributed by atoms with E-state index < -0.39 is 0 Å². The van der Waals surface area contributed by atoms with Gasteiger partial charge in [0.2, 0.25) is 0 Å². The monoisotopic (exact) mass is 261 g/mol. The van der Waals surface area contributed by atoms with E-state index in [9.17, 15) is 0 Å². The maximum Gasteiger partial charge on any atom is 0.126 e. The largest absolute Gasteiger partial charge is 0.464 e. The summed E-state index contributed by atoms with van der Waals surface area (Å²) in [5, 5.41) is 3.51. The highest BCUT2D eigenvalue weighted by Crippen LogP contribution is 2.30. The van der Waals surface area contributed by atoms with E-state index in [1.165, 1.54) is 10.6 Å². The molecule has 0 amide bonds. The Morgan fingerprint density at radius 1 is 1.22 bits per heavy atom. The fourth-order valence-corrected chi connectivity index (χ4v) is 2.63. The van der Waals surface area contributed by atoms with Gasteiger partial charge in [0.1, 0.15) is 11.5 Å². The summed E-state index contributed by atoms with van der Waals surface area (Å²) in [5.74, 6) is 3.01. The van der Waals surface area contributed by atoms with Crippen LogP contribution in [0.3, 0.4) is 0 Å². The highest BCUT2D eigenvalue weighted by Gasteiger charge is 2.11. The summed E-state index contributed by atoms with van der Waals surface area (Å²) in [6, 6.07) is 12.6. The smallest absolute Gasteiger partial charge is 0.126 e. The predicted octanol–water partition coefficient (Wildman–Crippen LogP) is 4.87. The summed E-state index contributed by atoms with van der Waals surface area (Å²) in [7, 11) is 0. The maximum atomic E-state index is 5.65. The van der Waals surface area contributed by atoms with E-state index in [0.29, 0.717) is 0 Å². The maximum absolute atomic E-state index is 5.65. The standard InChI is InChI=1S/C15H19NOS/c1-4-18-15-8-6-5-7-13(15)16-12(3)14-10-9-11(2)17-14/h5-10,12,16H,4H2,1-3H3. The van der Waals surface area contributed by atoms with Gasteiger partial charge in [-0.15, -0.1) is 11.8 Å². The molecule has 0 saturated carbocycles. The van der Waals surface area contributed by atoms with Crippen LogP contribution < -0.4 is 5.32 Å². The van der Waals surface area contributed by atoms with Gasteiger partial charge in [0.05, 0.1) is 6.04 Å². The molecule has 1 aromatic carbocycles. The van der Waals surface area contributed by atoms with Crippen molar-refractivity contribution < 1.29 is 4.42 Å². The van der Waals surface area contributed by atoms with Gasteiger partial charge >= 0.3 is 0 Å². The predicted molar refractivity (Wildman–Crippen MR) is 78.3 cm³/mol. The van der Waals surface area contributed by atoms with Crippen LogP contribution in [0.15, 0.2) is 45.7 Å². The Bertz CT molecular complexity index is 507. The van der Waals surface area contributed by atoms with Gasteiger partial charge in [-0.05, 0) is 43.9 Å². The second-order valence-corrected chi connectivity index (χ2v) is 5.55. The fourth-order valence-electron chi connectivity index (χ4n) is 1.86. The van der Waals surface area contributed by atoms with Crippen molar-refractivity contribution in [3.05, 3.63) is 47.9 Å². The summed E-state index contributed by atoms with van der Waals surface area (Å²) in [5.41, 5.74) is 1.17. The van der Waals surface area contributed by atoms with Gasteiger partial charge in [-0.25, -0.2) is 0 Å². The molecule has 1 heterocycles. The summed E-state index contributed by atoms with van der Waals surface area (Å²) >= 11 is 1.85. The van der Waals surface area contributed by atoms with Crippen molar-refractivity contribution in [2.75, 3.05) is 11.1 Å². The minimum Gasteiger partial charge on any atom is -0.464 e. The molecular weight excluding hydrogens is 242 g/mol. The topological polar surface area (TPSA) is 25.2 Å². The van der Waals surface area contributed by atoms with Crippen LogP contribution in [0.25, 0.3) is 0 Å². The molecule has 0 saturated heterocycles. The Kier molecular flexibility index (Phi) is 4.37. The van der Waals surface area contributed by atoms with Gasteiger partial charge in [-0.2, -0.15) is 0 Å². The average Bonchev–Trinajstić information content (AvgIpc) is 2.79. The molecule has 18 heavy (non-hydrogen) atoms. The van der Waals surface area contributed by atoms with E-state index in [1.54, 1.807) is 0 Å². The lowest BCUT2D eigenvalue weighted by atomic mass is 10.2. The Morgan fingerprint density at radius 3 is 2.67 bits per heavy atom. The number of hydrogen-bond donors (Lipinski definition) is 1. The number of para-hydroxylation sites is 1. The molecule has 2 aromatic rings. The van der Waals surface area contributed by atoms with Crippen LogP contribution >= 0.6 is 11.8 Å². The van der Waals surface area contributed by atoms with Crippen molar-refractivity contribution >= 4 is 17.4 Å². The molecule has 0 aliphatic carbocycles. The lowest BCUT2D eigenvalue weighted by Crippen LogP contribution is -2.06. The first-order valence-corrected chi connectivity index (χ1v) is 7.24. The van der Waals surface area contributed by atoms with Gasteiger partial charge in [-0.3, -0.25) is 0 Å². The van der Waals surface area contributed by atoms with Crippen LogP contribution in [0.4, 0.5) is 5.69 Å². The van der Waals surface area contributed by atoms with Crippen molar-refractivity contribution in [3.8, 4) is 0 Å². The molecule has 1 unspecified atom stereocenters. The molecule has 2 nitrogen and oxygen atoms in total. The minimum atomic E-state index is 0.178. The third-order valence-corrected chi connectivity index (χ3v) is 3.70. The lowest BCUT2D eigenvalue weighted by Gasteiger charge is -2.16. The molecule has 0 bridgehead atoms. The van der Waals surface area contributed by atoms with Crippen molar-refractivity contribution in [1.29, 1.82) is 0 Å². The van der Waals surface area contributed by atoms with Crippen molar-refractivity contribution in [1.82, 2.24) is 0 Å². The van der Waals surface area contributed by atoms with Gasteiger partial charge in [0.25, 0.3) is 0 Å². The fraction of sp³-hybridized carbons (Fsp3) is 0.333. The molecule has 2 rings (SSSR count). The van der Waals surface area contributed by atoms with E-state index in [0.717, 1.165) is 17.3 Å². The molecule has 96 valence electrons. The number of hydrogen-bond acceptors (Lipinski definition) is 3. The zero-order chi connectivity index (χ0) is 13.0. The summed E-state index contributed by atoms with van der Waals surface area (Å²) < 4.78 is 5.65. The molecule has 3 heteroatoms. The Balaban J connectivity index is 2.13. The first kappa shape index (κ1) is 13.1. The number of rotatable bonds is 5. The molecule has 1 N–H and O–H groups in total. The van der Waals surface area contributed by atoms with Gasteiger partial charge in [0.15, 0.2) is 0 Å². The van der Waals surface area contributed by atoms with Gasteiger partial charge < -0.3 is 9.73 Å². The summed E-state index contributed by atoms with van der Waals surface area (Å²) in [6.07, 6.45) is 0. The molecule has 0 radical (unpaired) electrons. The zero-order valence-corrected chi connectivity index (χ0v) is 11.9. The molecule has 0 aliphatic heterocycles. The van der Waals surface area contributed by atoms with Crippen molar-refractivity contribution in [3.63, 3.8) is 0 Å². The minimum absolute atomic E-state index is 0.178. The molecule has 0 fully saturated rings. The third kappa shape index (κ3) is 3.10. The Hall–Kier alpha value is -1.35.